The highest BCUT2D eigenvalue weighted by atomic mass is 19.1. The fraction of sp³-hybridized carbons (Fsp3) is 0.261. The molecule has 0 unspecified atom stereocenters. The van der Waals surface area contributed by atoms with Crippen molar-refractivity contribution in [2.45, 2.75) is 38.8 Å². The summed E-state index contributed by atoms with van der Waals surface area (Å²) in [5.74, 6) is 0.124. The Labute approximate surface area is 159 Å². The van der Waals surface area contributed by atoms with Gasteiger partial charge in [-0.25, -0.2) is 9.07 Å². The second-order valence-electron chi connectivity index (χ2n) is 7.17. The van der Waals surface area contributed by atoms with Crippen molar-refractivity contribution in [1.82, 2.24) is 15.1 Å². The molecule has 1 N–H and O–H groups in total. The molecule has 1 aliphatic carbocycles. The maximum absolute atomic E-state index is 13.2. The lowest BCUT2D eigenvalue weighted by molar-refractivity contribution is 0.559. The van der Waals surface area contributed by atoms with Crippen LogP contribution in [0.3, 0.4) is 0 Å². The fourth-order valence-corrected chi connectivity index (χ4v) is 3.93. The molecule has 1 heterocycles. The maximum Gasteiger partial charge on any atom is 0.123 e. The van der Waals surface area contributed by atoms with E-state index in [-0.39, 0.29) is 5.82 Å². The number of hydrogen-bond donors (Lipinski definition) is 1. The number of benzene rings is 2. The number of nitrogens with zero attached hydrogens (tertiary/aromatic N) is 2. The Balaban J connectivity index is 1.48. The summed E-state index contributed by atoms with van der Waals surface area (Å²) in [6.45, 7) is 5.02. The van der Waals surface area contributed by atoms with E-state index >= 15 is 0 Å². The molecule has 138 valence electrons. The second-order valence-corrected chi connectivity index (χ2v) is 7.17. The molecule has 0 spiro atoms. The fourth-order valence-electron chi connectivity index (χ4n) is 3.93. The Morgan fingerprint density at radius 1 is 1.04 bits per heavy atom. The van der Waals surface area contributed by atoms with E-state index in [1.807, 2.05) is 10.7 Å². The summed E-state index contributed by atoms with van der Waals surface area (Å²) in [6, 6.07) is 17.3. The highest BCUT2D eigenvalue weighted by molar-refractivity contribution is 5.41. The molecule has 2 aromatic carbocycles. The van der Waals surface area contributed by atoms with Crippen LogP contribution in [0.25, 0.3) is 5.69 Å². The van der Waals surface area contributed by atoms with Gasteiger partial charge in [0.05, 0.1) is 11.4 Å². The van der Waals surface area contributed by atoms with Crippen LogP contribution >= 0.6 is 0 Å². The number of halogens is 1. The van der Waals surface area contributed by atoms with Crippen molar-refractivity contribution in [3.05, 3.63) is 95.1 Å². The largest absolute Gasteiger partial charge is 0.306 e. The molecule has 0 fully saturated rings. The van der Waals surface area contributed by atoms with Crippen molar-refractivity contribution in [2.75, 3.05) is 0 Å². The lowest BCUT2D eigenvalue weighted by Crippen LogP contribution is -2.25. The number of nitrogens with one attached hydrogen (secondary N) is 1. The number of aromatic nitrogens is 2. The zero-order valence-corrected chi connectivity index (χ0v) is 15.7. The Kier molecular flexibility index (Phi) is 4.90. The smallest absolute Gasteiger partial charge is 0.123 e. The van der Waals surface area contributed by atoms with Crippen molar-refractivity contribution < 1.29 is 4.39 Å². The third-order valence-corrected chi connectivity index (χ3v) is 5.28. The van der Waals surface area contributed by atoms with E-state index in [0.29, 0.717) is 12.0 Å². The Morgan fingerprint density at radius 2 is 1.78 bits per heavy atom. The number of hydrogen-bond acceptors (Lipinski definition) is 2. The molecular formula is C23H24FN3. The van der Waals surface area contributed by atoms with Crippen LogP contribution in [0.2, 0.25) is 0 Å². The number of allylic oxidation sites excluding steroid dienone is 1. The van der Waals surface area contributed by atoms with Gasteiger partial charge in [-0.3, -0.25) is 0 Å². The quantitative estimate of drug-likeness (QED) is 0.660. The van der Waals surface area contributed by atoms with E-state index in [1.165, 1.54) is 23.3 Å². The van der Waals surface area contributed by atoms with Gasteiger partial charge in [0, 0.05) is 29.8 Å². The predicted molar refractivity (Wildman–Crippen MR) is 107 cm³/mol. The summed E-state index contributed by atoms with van der Waals surface area (Å²) in [7, 11) is 0. The third kappa shape index (κ3) is 3.71. The van der Waals surface area contributed by atoms with Gasteiger partial charge in [-0.1, -0.05) is 42.5 Å². The number of rotatable bonds is 5. The summed E-state index contributed by atoms with van der Waals surface area (Å²) in [5.41, 5.74) is 5.63. The summed E-state index contributed by atoms with van der Waals surface area (Å²) in [4.78, 5) is 0. The van der Waals surface area contributed by atoms with Crippen LogP contribution in [0.1, 0.15) is 34.9 Å². The van der Waals surface area contributed by atoms with Crippen LogP contribution in [0.15, 0.2) is 66.7 Å². The topological polar surface area (TPSA) is 29.9 Å². The third-order valence-electron chi connectivity index (χ3n) is 5.28. The van der Waals surface area contributed by atoms with E-state index in [9.17, 15) is 4.39 Å². The lowest BCUT2D eigenvalue weighted by atomic mass is 9.96. The Bertz CT molecular complexity index is 942. The zero-order valence-electron chi connectivity index (χ0n) is 15.7. The van der Waals surface area contributed by atoms with Gasteiger partial charge in [-0.2, -0.15) is 5.10 Å². The molecule has 4 rings (SSSR count). The van der Waals surface area contributed by atoms with Gasteiger partial charge in [0.15, 0.2) is 0 Å². The summed E-state index contributed by atoms with van der Waals surface area (Å²) >= 11 is 0. The first-order chi connectivity index (χ1) is 13.1. The van der Waals surface area contributed by atoms with Crippen molar-refractivity contribution in [3.63, 3.8) is 0 Å². The van der Waals surface area contributed by atoms with Gasteiger partial charge in [0.25, 0.3) is 0 Å². The summed E-state index contributed by atoms with van der Waals surface area (Å²) in [5, 5.41) is 8.34. The molecule has 3 nitrogen and oxygen atoms in total. The Morgan fingerprint density at radius 3 is 2.52 bits per heavy atom. The predicted octanol–water partition coefficient (Wildman–Crippen LogP) is 4.83. The molecule has 2 atom stereocenters. The van der Waals surface area contributed by atoms with Gasteiger partial charge < -0.3 is 5.32 Å². The van der Waals surface area contributed by atoms with Crippen molar-refractivity contribution in [1.29, 1.82) is 0 Å². The molecule has 1 aromatic heterocycles. The first-order valence-electron chi connectivity index (χ1n) is 9.39. The molecule has 0 bridgehead atoms. The minimum atomic E-state index is -0.230. The average molecular weight is 361 g/mol. The minimum absolute atomic E-state index is 0.230. The van der Waals surface area contributed by atoms with Crippen LogP contribution < -0.4 is 5.32 Å². The van der Waals surface area contributed by atoms with Crippen LogP contribution in [-0.4, -0.2) is 15.8 Å². The van der Waals surface area contributed by atoms with Gasteiger partial charge in [0.1, 0.15) is 5.82 Å². The molecule has 0 radical (unpaired) electrons. The van der Waals surface area contributed by atoms with E-state index in [4.69, 9.17) is 5.10 Å². The standard InChI is InChI=1S/C23H24FN3/c1-16-23(17(2)27(26-16)22-12-9-20(24)10-13-22)19-8-11-21(14-19)25-15-18-6-4-3-5-7-18/h3-13,19,21,25H,14-15H2,1-2H3/t19-,21-/m1/s1. The molecule has 3 aromatic rings. The van der Waals surface area contributed by atoms with Crippen molar-refractivity contribution >= 4 is 0 Å². The minimum Gasteiger partial charge on any atom is -0.306 e. The molecule has 1 aliphatic rings. The van der Waals surface area contributed by atoms with Crippen molar-refractivity contribution in [3.8, 4) is 5.69 Å². The van der Waals surface area contributed by atoms with Crippen LogP contribution in [0, 0.1) is 19.7 Å². The molecule has 0 aliphatic heterocycles. The highest BCUT2D eigenvalue weighted by Gasteiger charge is 2.25. The monoisotopic (exact) mass is 361 g/mol. The van der Waals surface area contributed by atoms with Crippen LogP contribution in [0.4, 0.5) is 4.39 Å². The van der Waals surface area contributed by atoms with Crippen LogP contribution in [0.5, 0.6) is 0 Å². The summed E-state index contributed by atoms with van der Waals surface area (Å²) < 4.78 is 15.1. The van der Waals surface area contributed by atoms with E-state index < -0.39 is 0 Å². The Hall–Kier alpha value is -2.72. The van der Waals surface area contributed by atoms with Gasteiger partial charge in [-0.05, 0) is 50.1 Å². The van der Waals surface area contributed by atoms with E-state index in [2.05, 4.69) is 55.6 Å². The first kappa shape index (κ1) is 17.7. The number of aryl methyl sites for hydroxylation is 1. The SMILES string of the molecule is Cc1nn(-c2ccc(F)cc2)c(C)c1[C@@H]1C=C[C@@H](NCc2ccccc2)C1. The zero-order chi connectivity index (χ0) is 18.8. The van der Waals surface area contributed by atoms with Crippen molar-refractivity contribution in [2.24, 2.45) is 0 Å². The molecule has 0 amide bonds. The van der Waals surface area contributed by atoms with Gasteiger partial charge in [0.2, 0.25) is 0 Å². The van der Waals surface area contributed by atoms with Gasteiger partial charge >= 0.3 is 0 Å². The molecule has 0 saturated heterocycles. The maximum atomic E-state index is 13.2. The molecule has 0 saturated carbocycles. The molecular weight excluding hydrogens is 337 g/mol. The second kappa shape index (κ2) is 7.49. The van der Waals surface area contributed by atoms with E-state index in [1.54, 1.807) is 12.1 Å². The molecule has 4 heteroatoms. The molecule has 27 heavy (non-hydrogen) atoms. The normalized spacial score (nSPS) is 18.9. The van der Waals surface area contributed by atoms with Gasteiger partial charge in [-0.15, -0.1) is 0 Å². The highest BCUT2D eigenvalue weighted by Crippen LogP contribution is 2.34. The lowest BCUT2D eigenvalue weighted by Gasteiger charge is -2.15. The first-order valence-corrected chi connectivity index (χ1v) is 9.39. The van der Waals surface area contributed by atoms with E-state index in [0.717, 1.165) is 30.0 Å². The van der Waals surface area contributed by atoms with Crippen LogP contribution in [-0.2, 0) is 6.54 Å². The average Bonchev–Trinajstić information content (AvgIpc) is 3.25. The summed E-state index contributed by atoms with van der Waals surface area (Å²) in [6.07, 6.45) is 5.58.